The molecule has 0 aliphatic carbocycles. The predicted octanol–water partition coefficient (Wildman–Crippen LogP) is 1.45. The van der Waals surface area contributed by atoms with Crippen molar-refractivity contribution in [2.75, 3.05) is 32.1 Å². The number of hydrogen-bond donors (Lipinski definition) is 0. The molecule has 0 saturated carbocycles. The highest BCUT2D eigenvalue weighted by molar-refractivity contribution is 7.99. The first-order chi connectivity index (χ1) is 9.47. The molecule has 20 heavy (non-hydrogen) atoms. The van der Waals surface area contributed by atoms with Crippen LogP contribution in [0.1, 0.15) is 5.69 Å². The van der Waals surface area contributed by atoms with E-state index in [1.54, 1.807) is 4.90 Å². The van der Waals surface area contributed by atoms with Crippen molar-refractivity contribution < 1.29 is 22.7 Å². The number of aromatic nitrogens is 2. The second-order valence-corrected chi connectivity index (χ2v) is 4.95. The van der Waals surface area contributed by atoms with Gasteiger partial charge in [0.1, 0.15) is 5.69 Å². The molecule has 5 nitrogen and oxygen atoms in total. The van der Waals surface area contributed by atoms with Crippen LogP contribution in [-0.2, 0) is 15.7 Å². The number of carbonyl (C=O) groups is 1. The van der Waals surface area contributed by atoms with Gasteiger partial charge in [-0.15, -0.1) is 0 Å². The third-order valence-corrected chi connectivity index (χ3v) is 3.46. The molecule has 1 aromatic heterocycles. The van der Waals surface area contributed by atoms with Crippen molar-refractivity contribution in [2.24, 2.45) is 0 Å². The Hall–Kier alpha value is -1.35. The number of carbonyl (C=O) groups excluding carboxylic acids is 1. The van der Waals surface area contributed by atoms with Gasteiger partial charge in [0, 0.05) is 19.3 Å². The van der Waals surface area contributed by atoms with Crippen LogP contribution >= 0.6 is 11.8 Å². The van der Waals surface area contributed by atoms with Gasteiger partial charge in [0.2, 0.25) is 5.91 Å². The van der Waals surface area contributed by atoms with E-state index in [4.69, 9.17) is 4.74 Å². The van der Waals surface area contributed by atoms with E-state index >= 15 is 0 Å². The molecule has 2 heterocycles. The quantitative estimate of drug-likeness (QED) is 0.625. The third kappa shape index (κ3) is 4.07. The van der Waals surface area contributed by atoms with Crippen LogP contribution in [0, 0.1) is 0 Å². The Morgan fingerprint density at radius 2 is 2.10 bits per heavy atom. The minimum atomic E-state index is -4.51. The molecular weight excluding hydrogens is 295 g/mol. The fraction of sp³-hybridized carbons (Fsp3) is 0.545. The van der Waals surface area contributed by atoms with E-state index in [0.29, 0.717) is 26.3 Å². The van der Waals surface area contributed by atoms with E-state index in [-0.39, 0.29) is 16.8 Å². The highest BCUT2D eigenvalue weighted by atomic mass is 32.2. The third-order valence-electron chi connectivity index (χ3n) is 2.61. The van der Waals surface area contributed by atoms with E-state index in [1.165, 1.54) is 0 Å². The zero-order chi connectivity index (χ0) is 14.6. The van der Waals surface area contributed by atoms with Crippen molar-refractivity contribution >= 4 is 17.7 Å². The van der Waals surface area contributed by atoms with E-state index in [1.807, 2.05) is 0 Å². The average molecular weight is 307 g/mol. The van der Waals surface area contributed by atoms with Crippen LogP contribution in [0.4, 0.5) is 13.2 Å². The van der Waals surface area contributed by atoms with Crippen LogP contribution in [0.5, 0.6) is 0 Å². The van der Waals surface area contributed by atoms with Crippen LogP contribution in [-0.4, -0.2) is 52.8 Å². The molecule has 1 aliphatic heterocycles. The maximum atomic E-state index is 12.5. The Labute approximate surface area is 117 Å². The van der Waals surface area contributed by atoms with Crippen molar-refractivity contribution in [2.45, 2.75) is 11.3 Å². The van der Waals surface area contributed by atoms with Gasteiger partial charge in [0.15, 0.2) is 5.16 Å². The van der Waals surface area contributed by atoms with Crippen molar-refractivity contribution in [3.05, 3.63) is 18.0 Å². The lowest BCUT2D eigenvalue weighted by Crippen LogP contribution is -2.41. The molecule has 1 saturated heterocycles. The Morgan fingerprint density at radius 1 is 1.40 bits per heavy atom. The zero-order valence-electron chi connectivity index (χ0n) is 10.4. The zero-order valence-corrected chi connectivity index (χ0v) is 11.2. The van der Waals surface area contributed by atoms with Gasteiger partial charge in [-0.05, 0) is 6.07 Å². The van der Waals surface area contributed by atoms with Gasteiger partial charge in [-0.25, -0.2) is 9.97 Å². The van der Waals surface area contributed by atoms with Gasteiger partial charge in [-0.2, -0.15) is 13.2 Å². The SMILES string of the molecule is O=C(CSc1nccc(C(F)(F)F)n1)N1CCOCC1. The second-order valence-electron chi connectivity index (χ2n) is 4.00. The van der Waals surface area contributed by atoms with E-state index < -0.39 is 11.9 Å². The van der Waals surface area contributed by atoms with Crippen molar-refractivity contribution in [1.29, 1.82) is 0 Å². The minimum absolute atomic E-state index is 0.0152. The van der Waals surface area contributed by atoms with E-state index in [2.05, 4.69) is 9.97 Å². The molecule has 1 fully saturated rings. The number of halogens is 3. The van der Waals surface area contributed by atoms with Gasteiger partial charge in [0.05, 0.1) is 19.0 Å². The summed E-state index contributed by atoms with van der Waals surface area (Å²) < 4.78 is 42.5. The Kier molecular flexibility index (Phi) is 4.81. The Morgan fingerprint density at radius 3 is 2.75 bits per heavy atom. The number of thioether (sulfide) groups is 1. The monoisotopic (exact) mass is 307 g/mol. The molecule has 9 heteroatoms. The summed E-state index contributed by atoms with van der Waals surface area (Å²) in [6.45, 7) is 1.97. The normalized spacial score (nSPS) is 16.2. The molecule has 0 radical (unpaired) electrons. The molecule has 0 unspecified atom stereocenters. The summed E-state index contributed by atoms with van der Waals surface area (Å²) >= 11 is 0.898. The Balaban J connectivity index is 1.92. The smallest absolute Gasteiger partial charge is 0.378 e. The molecule has 0 spiro atoms. The van der Waals surface area contributed by atoms with Gasteiger partial charge >= 0.3 is 6.18 Å². The molecule has 0 atom stereocenters. The fourth-order valence-electron chi connectivity index (χ4n) is 1.60. The molecule has 1 amide bonds. The van der Waals surface area contributed by atoms with Gasteiger partial charge in [-0.3, -0.25) is 4.79 Å². The van der Waals surface area contributed by atoms with E-state index in [0.717, 1.165) is 24.0 Å². The number of ether oxygens (including phenoxy) is 1. The van der Waals surface area contributed by atoms with Crippen LogP contribution in [0.3, 0.4) is 0 Å². The number of rotatable bonds is 3. The van der Waals surface area contributed by atoms with Crippen LogP contribution in [0.2, 0.25) is 0 Å². The van der Waals surface area contributed by atoms with Gasteiger partial charge in [-0.1, -0.05) is 11.8 Å². The topological polar surface area (TPSA) is 55.3 Å². The first-order valence-electron chi connectivity index (χ1n) is 5.85. The summed E-state index contributed by atoms with van der Waals surface area (Å²) in [7, 11) is 0. The second kappa shape index (κ2) is 6.40. The number of morpholine rings is 1. The standard InChI is InChI=1S/C11H12F3N3O2S/c12-11(13,14)8-1-2-15-10(16-8)20-7-9(18)17-3-5-19-6-4-17/h1-2H,3-7H2. The fourth-order valence-corrected chi connectivity index (χ4v) is 2.33. The highest BCUT2D eigenvalue weighted by Gasteiger charge is 2.32. The van der Waals surface area contributed by atoms with Gasteiger partial charge in [0.25, 0.3) is 0 Å². The largest absolute Gasteiger partial charge is 0.433 e. The van der Waals surface area contributed by atoms with Crippen LogP contribution < -0.4 is 0 Å². The van der Waals surface area contributed by atoms with Crippen molar-refractivity contribution in [1.82, 2.24) is 14.9 Å². The maximum Gasteiger partial charge on any atom is 0.433 e. The number of amides is 1. The maximum absolute atomic E-state index is 12.5. The van der Waals surface area contributed by atoms with Gasteiger partial charge < -0.3 is 9.64 Å². The van der Waals surface area contributed by atoms with Crippen LogP contribution in [0.15, 0.2) is 17.4 Å². The molecule has 1 aliphatic rings. The lowest BCUT2D eigenvalue weighted by molar-refractivity contribution is -0.141. The summed E-state index contributed by atoms with van der Waals surface area (Å²) in [4.78, 5) is 20.6. The lowest BCUT2D eigenvalue weighted by atomic mass is 10.4. The molecule has 0 N–H and O–H groups in total. The molecule has 1 aromatic rings. The number of nitrogens with zero attached hydrogens (tertiary/aromatic N) is 3. The molecular formula is C11H12F3N3O2S. The summed E-state index contributed by atoms with van der Waals surface area (Å²) in [5.41, 5.74) is -1.01. The summed E-state index contributed by atoms with van der Waals surface area (Å²) in [6.07, 6.45) is -3.47. The molecule has 2 rings (SSSR count). The lowest BCUT2D eigenvalue weighted by Gasteiger charge is -2.26. The van der Waals surface area contributed by atoms with Crippen molar-refractivity contribution in [3.8, 4) is 0 Å². The predicted molar refractivity (Wildman–Crippen MR) is 65.2 cm³/mol. The molecule has 110 valence electrons. The summed E-state index contributed by atoms with van der Waals surface area (Å²) in [5.74, 6) is -0.138. The molecule has 0 aromatic carbocycles. The number of alkyl halides is 3. The first kappa shape index (κ1) is 15.0. The first-order valence-corrected chi connectivity index (χ1v) is 6.84. The van der Waals surface area contributed by atoms with Crippen LogP contribution in [0.25, 0.3) is 0 Å². The molecule has 0 bridgehead atoms. The minimum Gasteiger partial charge on any atom is -0.378 e. The summed E-state index contributed by atoms with van der Waals surface area (Å²) in [5, 5.41) is -0.0542. The highest BCUT2D eigenvalue weighted by Crippen LogP contribution is 2.28. The average Bonchev–Trinajstić information content (AvgIpc) is 2.45. The number of hydrogen-bond acceptors (Lipinski definition) is 5. The Bertz CT molecular complexity index is 478. The summed E-state index contributed by atoms with van der Waals surface area (Å²) in [6, 6.07) is 0.799. The van der Waals surface area contributed by atoms with E-state index in [9.17, 15) is 18.0 Å². The van der Waals surface area contributed by atoms with Crippen molar-refractivity contribution in [3.63, 3.8) is 0 Å².